The minimum atomic E-state index is -0.750. The van der Waals surface area contributed by atoms with Gasteiger partial charge in [-0.25, -0.2) is 0 Å². The smallest absolute Gasteiger partial charge is 0.321 e. The highest BCUT2D eigenvalue weighted by Crippen LogP contribution is 2.14. The molecule has 1 unspecified atom stereocenters. The van der Waals surface area contributed by atoms with Crippen molar-refractivity contribution in [2.45, 2.75) is 46.7 Å². The van der Waals surface area contributed by atoms with Crippen LogP contribution in [0.4, 0.5) is 0 Å². The lowest BCUT2D eigenvalue weighted by molar-refractivity contribution is -0.146. The summed E-state index contributed by atoms with van der Waals surface area (Å²) >= 11 is 0. The van der Waals surface area contributed by atoms with Gasteiger partial charge >= 0.3 is 5.97 Å². The first-order valence-corrected chi connectivity index (χ1v) is 5.98. The van der Waals surface area contributed by atoms with Crippen molar-refractivity contribution in [3.8, 4) is 0 Å². The average Bonchev–Trinajstić information content (AvgIpc) is 2.14. The third kappa shape index (κ3) is 4.94. The van der Waals surface area contributed by atoms with Gasteiger partial charge in [-0.15, -0.1) is 0 Å². The summed E-state index contributed by atoms with van der Waals surface area (Å²) in [5.74, 6) is -0.651. The molecule has 4 heteroatoms. The van der Waals surface area contributed by atoms with Gasteiger partial charge in [-0.05, 0) is 26.7 Å². The maximum atomic E-state index is 11.2. The minimum absolute atomic E-state index is 0.0986. The lowest BCUT2D eigenvalue weighted by atomic mass is 10.0. The maximum Gasteiger partial charge on any atom is 0.321 e. The van der Waals surface area contributed by atoms with Gasteiger partial charge in [0.05, 0.1) is 6.61 Å². The second-order valence-corrected chi connectivity index (χ2v) is 4.56. The molecule has 0 heterocycles. The molecule has 0 saturated heterocycles. The van der Waals surface area contributed by atoms with Crippen LogP contribution in [0.15, 0.2) is 0 Å². The van der Waals surface area contributed by atoms with Crippen LogP contribution in [-0.2, 0) is 9.53 Å². The quantitative estimate of drug-likeness (QED) is 0.648. The van der Waals surface area contributed by atoms with Crippen LogP contribution in [-0.4, -0.2) is 47.8 Å². The Morgan fingerprint density at radius 2 is 1.88 bits per heavy atom. The number of hydrogen-bond donors (Lipinski definition) is 1. The molecule has 4 nitrogen and oxygen atoms in total. The highest BCUT2D eigenvalue weighted by atomic mass is 16.5. The molecule has 0 spiro atoms. The lowest BCUT2D eigenvalue weighted by Gasteiger charge is -2.34. The lowest BCUT2D eigenvalue weighted by Crippen LogP contribution is -2.49. The van der Waals surface area contributed by atoms with Crippen molar-refractivity contribution in [2.75, 3.05) is 19.8 Å². The van der Waals surface area contributed by atoms with Crippen molar-refractivity contribution in [2.24, 2.45) is 5.92 Å². The van der Waals surface area contributed by atoms with E-state index in [1.165, 1.54) is 0 Å². The number of carboxylic acids is 1. The van der Waals surface area contributed by atoms with E-state index >= 15 is 0 Å². The summed E-state index contributed by atoms with van der Waals surface area (Å²) in [5.41, 5.74) is 0. The van der Waals surface area contributed by atoms with Crippen LogP contribution >= 0.6 is 0 Å². The third-order valence-corrected chi connectivity index (χ3v) is 2.60. The highest BCUT2D eigenvalue weighted by molar-refractivity contribution is 5.73. The number of hydrogen-bond acceptors (Lipinski definition) is 3. The zero-order valence-corrected chi connectivity index (χ0v) is 11.1. The summed E-state index contributed by atoms with van der Waals surface area (Å²) in [4.78, 5) is 13.2. The van der Waals surface area contributed by atoms with E-state index in [0.717, 1.165) is 0 Å². The predicted octanol–water partition coefficient (Wildman–Crippen LogP) is 1.84. The molecule has 0 radical (unpaired) electrons. The number of aliphatic carboxylic acids is 1. The molecule has 0 aromatic heterocycles. The van der Waals surface area contributed by atoms with Crippen LogP contribution < -0.4 is 0 Å². The number of carbonyl (C=O) groups is 1. The number of ether oxygens (including phenoxy) is 1. The van der Waals surface area contributed by atoms with Crippen LogP contribution in [0, 0.1) is 5.92 Å². The van der Waals surface area contributed by atoms with Crippen molar-refractivity contribution in [3.63, 3.8) is 0 Å². The summed E-state index contributed by atoms with van der Waals surface area (Å²) in [6, 6.07) is -0.218. The average molecular weight is 231 g/mol. The monoisotopic (exact) mass is 231 g/mol. The summed E-state index contributed by atoms with van der Waals surface area (Å²) < 4.78 is 5.29. The molecule has 0 aliphatic carbocycles. The summed E-state index contributed by atoms with van der Waals surface area (Å²) in [6.07, 6.45) is 0. The second-order valence-electron chi connectivity index (χ2n) is 4.56. The van der Waals surface area contributed by atoms with Crippen LogP contribution in [0.3, 0.4) is 0 Å². The minimum Gasteiger partial charge on any atom is -0.480 e. The Balaban J connectivity index is 4.52. The molecule has 0 aliphatic heterocycles. The summed E-state index contributed by atoms with van der Waals surface area (Å²) in [5, 5.41) is 9.24. The van der Waals surface area contributed by atoms with Gasteiger partial charge in [0, 0.05) is 19.2 Å². The Hall–Kier alpha value is -0.610. The zero-order chi connectivity index (χ0) is 12.7. The topological polar surface area (TPSA) is 49.8 Å². The van der Waals surface area contributed by atoms with E-state index in [-0.39, 0.29) is 12.0 Å². The van der Waals surface area contributed by atoms with Gasteiger partial charge in [-0.3, -0.25) is 9.69 Å². The Bertz CT molecular complexity index is 204. The molecule has 0 amide bonds. The van der Waals surface area contributed by atoms with Gasteiger partial charge < -0.3 is 9.84 Å². The van der Waals surface area contributed by atoms with E-state index in [2.05, 4.69) is 0 Å². The fourth-order valence-electron chi connectivity index (χ4n) is 1.84. The first kappa shape index (κ1) is 15.4. The molecule has 1 N–H and O–H groups in total. The van der Waals surface area contributed by atoms with Gasteiger partial charge in [0.25, 0.3) is 0 Å². The molecular formula is C12H25NO3. The van der Waals surface area contributed by atoms with Crippen LogP contribution in [0.2, 0.25) is 0 Å². The Morgan fingerprint density at radius 3 is 2.19 bits per heavy atom. The standard InChI is InChI=1S/C12H25NO3/c1-6-16-8-7-13(10(4)5)11(9(2)3)12(14)15/h9-11H,6-8H2,1-5H3,(H,14,15). The van der Waals surface area contributed by atoms with E-state index in [1.54, 1.807) is 0 Å². The van der Waals surface area contributed by atoms with E-state index in [0.29, 0.717) is 19.8 Å². The van der Waals surface area contributed by atoms with Crippen molar-refractivity contribution < 1.29 is 14.6 Å². The molecule has 0 saturated carbocycles. The van der Waals surface area contributed by atoms with E-state index in [4.69, 9.17) is 4.74 Å². The van der Waals surface area contributed by atoms with Crippen LogP contribution in [0.1, 0.15) is 34.6 Å². The zero-order valence-electron chi connectivity index (χ0n) is 11.1. The first-order chi connectivity index (χ1) is 7.41. The SMILES string of the molecule is CCOCCN(C(C)C)C(C(=O)O)C(C)C. The van der Waals surface area contributed by atoms with Gasteiger partial charge in [-0.2, -0.15) is 0 Å². The number of rotatable bonds is 8. The molecule has 0 aromatic rings. The fraction of sp³-hybridized carbons (Fsp3) is 0.917. The van der Waals surface area contributed by atoms with Crippen molar-refractivity contribution in [1.82, 2.24) is 4.90 Å². The van der Waals surface area contributed by atoms with Gasteiger partial charge in [0.15, 0.2) is 0 Å². The van der Waals surface area contributed by atoms with Crippen molar-refractivity contribution in [1.29, 1.82) is 0 Å². The van der Waals surface area contributed by atoms with Crippen molar-refractivity contribution >= 4 is 5.97 Å². The first-order valence-electron chi connectivity index (χ1n) is 5.98. The van der Waals surface area contributed by atoms with Gasteiger partial charge in [0.2, 0.25) is 0 Å². The second kappa shape index (κ2) is 7.63. The predicted molar refractivity (Wildman–Crippen MR) is 64.6 cm³/mol. The molecule has 0 aliphatic rings. The maximum absolute atomic E-state index is 11.2. The molecule has 0 aromatic carbocycles. The summed E-state index contributed by atoms with van der Waals surface area (Å²) in [6.45, 7) is 11.8. The highest BCUT2D eigenvalue weighted by Gasteiger charge is 2.29. The van der Waals surface area contributed by atoms with Crippen LogP contribution in [0.5, 0.6) is 0 Å². The van der Waals surface area contributed by atoms with Crippen LogP contribution in [0.25, 0.3) is 0 Å². The molecule has 16 heavy (non-hydrogen) atoms. The summed E-state index contributed by atoms with van der Waals surface area (Å²) in [7, 11) is 0. The molecule has 96 valence electrons. The van der Waals surface area contributed by atoms with E-state index in [1.807, 2.05) is 39.5 Å². The molecule has 0 bridgehead atoms. The molecular weight excluding hydrogens is 206 g/mol. The van der Waals surface area contributed by atoms with Gasteiger partial charge in [-0.1, -0.05) is 13.8 Å². The molecule has 0 fully saturated rings. The van der Waals surface area contributed by atoms with Gasteiger partial charge in [0.1, 0.15) is 6.04 Å². The Kier molecular flexibility index (Phi) is 7.34. The molecule has 0 rings (SSSR count). The Labute approximate surface area is 98.6 Å². The largest absolute Gasteiger partial charge is 0.480 e. The van der Waals surface area contributed by atoms with E-state index in [9.17, 15) is 9.90 Å². The normalized spacial score (nSPS) is 13.8. The van der Waals surface area contributed by atoms with E-state index < -0.39 is 12.0 Å². The molecule has 1 atom stereocenters. The number of nitrogens with zero attached hydrogens (tertiary/aromatic N) is 1. The number of carboxylic acid groups (broad SMARTS) is 1. The fourth-order valence-corrected chi connectivity index (χ4v) is 1.84. The Morgan fingerprint density at radius 1 is 1.31 bits per heavy atom. The van der Waals surface area contributed by atoms with Crippen molar-refractivity contribution in [3.05, 3.63) is 0 Å². The third-order valence-electron chi connectivity index (χ3n) is 2.60.